The summed E-state index contributed by atoms with van der Waals surface area (Å²) in [6.07, 6.45) is 7.21. The lowest BCUT2D eigenvalue weighted by molar-refractivity contribution is -0.0824. The maximum atomic E-state index is 13.0. The number of likely N-dealkylation sites (tertiary alicyclic amines) is 1. The van der Waals surface area contributed by atoms with Crippen LogP contribution in [-0.4, -0.2) is 62.3 Å². The molecule has 7 heteroatoms. The molecule has 4 rings (SSSR count). The SMILES string of the molecule is CO[C@]12CC[C@@H](O)C[C@H]1N(C(=O)c1cnc(-c3ccccn3)nc1)CC2. The molecule has 1 saturated heterocycles. The molecule has 1 aliphatic heterocycles. The number of aliphatic hydroxyl groups is 1. The highest BCUT2D eigenvalue weighted by Crippen LogP contribution is 2.42. The number of pyridine rings is 1. The van der Waals surface area contributed by atoms with E-state index in [-0.39, 0.29) is 23.7 Å². The Hall–Kier alpha value is -2.38. The third-order valence-corrected chi connectivity index (χ3v) is 5.62. The molecule has 1 aliphatic carbocycles. The van der Waals surface area contributed by atoms with Crippen molar-refractivity contribution in [3.63, 3.8) is 0 Å². The minimum Gasteiger partial charge on any atom is -0.393 e. The summed E-state index contributed by atoms with van der Waals surface area (Å²) in [4.78, 5) is 27.6. The Morgan fingerprint density at radius 1 is 1.27 bits per heavy atom. The van der Waals surface area contributed by atoms with Gasteiger partial charge in [0, 0.05) is 32.2 Å². The summed E-state index contributed by atoms with van der Waals surface area (Å²) >= 11 is 0. The first kappa shape index (κ1) is 17.1. The number of aliphatic hydroxyl groups excluding tert-OH is 1. The summed E-state index contributed by atoms with van der Waals surface area (Å²) in [6, 6.07) is 5.41. The van der Waals surface area contributed by atoms with E-state index in [1.165, 1.54) is 0 Å². The molecule has 1 amide bonds. The Labute approximate surface area is 152 Å². The predicted octanol–water partition coefficient (Wildman–Crippen LogP) is 1.68. The van der Waals surface area contributed by atoms with E-state index in [9.17, 15) is 9.90 Å². The molecule has 3 atom stereocenters. The quantitative estimate of drug-likeness (QED) is 0.902. The zero-order valence-electron chi connectivity index (χ0n) is 14.7. The average Bonchev–Trinajstić information content (AvgIpc) is 3.07. The summed E-state index contributed by atoms with van der Waals surface area (Å²) < 4.78 is 5.80. The van der Waals surface area contributed by atoms with Crippen LogP contribution < -0.4 is 0 Å². The molecular weight excluding hydrogens is 332 g/mol. The normalized spacial score (nSPS) is 28.0. The van der Waals surface area contributed by atoms with E-state index in [0.29, 0.717) is 36.5 Å². The molecule has 3 heterocycles. The molecule has 2 fully saturated rings. The topological polar surface area (TPSA) is 88.4 Å². The number of methoxy groups -OCH3 is 1. The number of carbonyl (C=O) groups is 1. The number of hydrogen-bond acceptors (Lipinski definition) is 6. The van der Waals surface area contributed by atoms with Crippen molar-refractivity contribution in [1.82, 2.24) is 19.9 Å². The number of rotatable bonds is 3. The number of ether oxygens (including phenoxy) is 1. The van der Waals surface area contributed by atoms with Crippen LogP contribution in [0.1, 0.15) is 36.0 Å². The molecule has 0 radical (unpaired) electrons. The second-order valence-corrected chi connectivity index (χ2v) is 6.97. The van der Waals surface area contributed by atoms with E-state index >= 15 is 0 Å². The van der Waals surface area contributed by atoms with Crippen LogP contribution in [0.3, 0.4) is 0 Å². The molecule has 0 aromatic carbocycles. The van der Waals surface area contributed by atoms with Gasteiger partial charge in [-0.05, 0) is 37.8 Å². The summed E-state index contributed by atoms with van der Waals surface area (Å²) in [6.45, 7) is 0.617. The predicted molar refractivity (Wildman–Crippen MR) is 94.3 cm³/mol. The Bertz CT molecular complexity index is 783. The standard InChI is InChI=1S/C19H22N4O3/c1-26-19-6-5-14(24)10-16(19)23(9-7-19)18(25)13-11-21-17(22-12-13)15-4-2-3-8-20-15/h2-4,8,11-12,14,16,24H,5-7,9-10H2,1H3/t14-,16-,19+/m1/s1. The van der Waals surface area contributed by atoms with Crippen molar-refractivity contribution < 1.29 is 14.6 Å². The number of fused-ring (bicyclic) bond motifs is 1. The molecule has 0 spiro atoms. The Kier molecular flexibility index (Phi) is 4.42. The first-order chi connectivity index (χ1) is 12.6. The van der Waals surface area contributed by atoms with Gasteiger partial charge >= 0.3 is 0 Å². The van der Waals surface area contributed by atoms with E-state index in [0.717, 1.165) is 12.8 Å². The van der Waals surface area contributed by atoms with Crippen LogP contribution in [0.25, 0.3) is 11.5 Å². The van der Waals surface area contributed by atoms with Gasteiger partial charge in [0.2, 0.25) is 0 Å². The van der Waals surface area contributed by atoms with Gasteiger partial charge in [-0.2, -0.15) is 0 Å². The van der Waals surface area contributed by atoms with Crippen molar-refractivity contribution in [2.24, 2.45) is 0 Å². The molecule has 2 aliphatic rings. The van der Waals surface area contributed by atoms with Gasteiger partial charge in [-0.15, -0.1) is 0 Å². The first-order valence-corrected chi connectivity index (χ1v) is 8.90. The number of aromatic nitrogens is 3. The maximum absolute atomic E-state index is 13.0. The fourth-order valence-corrected chi connectivity index (χ4v) is 4.15. The fourth-order valence-electron chi connectivity index (χ4n) is 4.15. The van der Waals surface area contributed by atoms with Crippen molar-refractivity contribution >= 4 is 5.91 Å². The van der Waals surface area contributed by atoms with Gasteiger partial charge in [0.15, 0.2) is 5.82 Å². The smallest absolute Gasteiger partial charge is 0.257 e. The van der Waals surface area contributed by atoms with Gasteiger partial charge in [0.05, 0.1) is 23.3 Å². The van der Waals surface area contributed by atoms with E-state index < -0.39 is 0 Å². The van der Waals surface area contributed by atoms with E-state index in [1.807, 2.05) is 23.1 Å². The Morgan fingerprint density at radius 2 is 2.08 bits per heavy atom. The van der Waals surface area contributed by atoms with Gasteiger partial charge in [-0.1, -0.05) is 6.07 Å². The second kappa shape index (κ2) is 6.74. The molecule has 7 nitrogen and oxygen atoms in total. The zero-order chi connectivity index (χ0) is 18.1. The van der Waals surface area contributed by atoms with Gasteiger partial charge in [0.1, 0.15) is 5.69 Å². The van der Waals surface area contributed by atoms with Crippen molar-refractivity contribution in [3.8, 4) is 11.5 Å². The summed E-state index contributed by atoms with van der Waals surface area (Å²) in [7, 11) is 1.70. The number of hydrogen-bond donors (Lipinski definition) is 1. The molecule has 2 aromatic heterocycles. The molecule has 26 heavy (non-hydrogen) atoms. The third kappa shape index (κ3) is 2.87. The molecular formula is C19H22N4O3. The van der Waals surface area contributed by atoms with Crippen LogP contribution in [-0.2, 0) is 4.74 Å². The first-order valence-electron chi connectivity index (χ1n) is 8.90. The highest BCUT2D eigenvalue weighted by atomic mass is 16.5. The van der Waals surface area contributed by atoms with Crippen LogP contribution >= 0.6 is 0 Å². The fraction of sp³-hybridized carbons (Fsp3) is 0.474. The Morgan fingerprint density at radius 3 is 2.77 bits per heavy atom. The monoisotopic (exact) mass is 354 g/mol. The van der Waals surface area contributed by atoms with Crippen LogP contribution in [0, 0.1) is 0 Å². The highest BCUT2D eigenvalue weighted by Gasteiger charge is 2.52. The highest BCUT2D eigenvalue weighted by molar-refractivity contribution is 5.94. The van der Waals surface area contributed by atoms with Crippen LogP contribution in [0.4, 0.5) is 0 Å². The average molecular weight is 354 g/mol. The van der Waals surface area contributed by atoms with Gasteiger partial charge in [-0.25, -0.2) is 9.97 Å². The number of carbonyl (C=O) groups excluding carboxylic acids is 1. The lowest BCUT2D eigenvalue weighted by Crippen LogP contribution is -2.52. The van der Waals surface area contributed by atoms with Crippen molar-refractivity contribution in [2.45, 2.75) is 43.4 Å². The minimum atomic E-state index is -0.389. The summed E-state index contributed by atoms with van der Waals surface area (Å²) in [5.74, 6) is 0.374. The Balaban J connectivity index is 1.56. The lowest BCUT2D eigenvalue weighted by Gasteiger charge is -2.42. The molecule has 1 saturated carbocycles. The second-order valence-electron chi connectivity index (χ2n) is 6.97. The van der Waals surface area contributed by atoms with Gasteiger partial charge in [-0.3, -0.25) is 9.78 Å². The van der Waals surface area contributed by atoms with Crippen molar-refractivity contribution in [1.29, 1.82) is 0 Å². The maximum Gasteiger partial charge on any atom is 0.257 e. The molecule has 2 aromatic rings. The van der Waals surface area contributed by atoms with Crippen LogP contribution in [0.5, 0.6) is 0 Å². The molecule has 1 N–H and O–H groups in total. The van der Waals surface area contributed by atoms with E-state index in [4.69, 9.17) is 4.74 Å². The molecule has 136 valence electrons. The minimum absolute atomic E-state index is 0.112. The van der Waals surface area contributed by atoms with Gasteiger partial charge < -0.3 is 14.7 Å². The largest absolute Gasteiger partial charge is 0.393 e. The van der Waals surface area contributed by atoms with Crippen molar-refractivity contribution in [3.05, 3.63) is 42.4 Å². The zero-order valence-corrected chi connectivity index (χ0v) is 14.7. The third-order valence-electron chi connectivity index (χ3n) is 5.62. The van der Waals surface area contributed by atoms with Crippen LogP contribution in [0.15, 0.2) is 36.8 Å². The number of amides is 1. The van der Waals surface area contributed by atoms with E-state index in [2.05, 4.69) is 15.0 Å². The lowest BCUT2D eigenvalue weighted by atomic mass is 9.79. The molecule has 0 bridgehead atoms. The summed E-state index contributed by atoms with van der Waals surface area (Å²) in [5, 5.41) is 10.1. The summed E-state index contributed by atoms with van der Waals surface area (Å²) in [5.41, 5.74) is 0.766. The van der Waals surface area contributed by atoms with Crippen LogP contribution in [0.2, 0.25) is 0 Å². The van der Waals surface area contributed by atoms with Gasteiger partial charge in [0.25, 0.3) is 5.91 Å². The van der Waals surface area contributed by atoms with E-state index in [1.54, 1.807) is 25.7 Å². The number of nitrogens with zero attached hydrogens (tertiary/aromatic N) is 4. The molecule has 0 unspecified atom stereocenters. The van der Waals surface area contributed by atoms with Crippen molar-refractivity contribution in [2.75, 3.05) is 13.7 Å².